The summed E-state index contributed by atoms with van der Waals surface area (Å²) in [7, 11) is -4.04. The van der Waals surface area contributed by atoms with E-state index in [0.717, 1.165) is 18.2 Å². The Kier molecular flexibility index (Phi) is 5.09. The molecule has 0 aliphatic carbocycles. The van der Waals surface area contributed by atoms with Gasteiger partial charge in [0.25, 0.3) is 0 Å². The van der Waals surface area contributed by atoms with Crippen molar-refractivity contribution in [2.45, 2.75) is 50.1 Å². The van der Waals surface area contributed by atoms with Gasteiger partial charge in [0, 0.05) is 18.5 Å². The van der Waals surface area contributed by atoms with Crippen LogP contribution in [0.2, 0.25) is 0 Å². The van der Waals surface area contributed by atoms with Crippen molar-refractivity contribution in [3.63, 3.8) is 0 Å². The van der Waals surface area contributed by atoms with E-state index in [2.05, 4.69) is 0 Å². The van der Waals surface area contributed by atoms with Gasteiger partial charge in [-0.05, 0) is 30.5 Å². The molecule has 1 fully saturated rings. The predicted octanol–water partition coefficient (Wildman–Crippen LogP) is 3.89. The van der Waals surface area contributed by atoms with Gasteiger partial charge in [0.2, 0.25) is 0 Å². The highest BCUT2D eigenvalue weighted by molar-refractivity contribution is 7.92. The van der Waals surface area contributed by atoms with Gasteiger partial charge in [-0.25, -0.2) is 13.2 Å². The van der Waals surface area contributed by atoms with Crippen molar-refractivity contribution < 1.29 is 31.5 Å². The molecule has 3 unspecified atom stereocenters. The number of sulfone groups is 1. The van der Waals surface area contributed by atoms with E-state index in [-0.39, 0.29) is 6.54 Å². The zero-order valence-electron chi connectivity index (χ0n) is 14.9. The van der Waals surface area contributed by atoms with Crippen LogP contribution in [0.3, 0.4) is 0 Å². The van der Waals surface area contributed by atoms with Crippen molar-refractivity contribution in [1.29, 1.82) is 0 Å². The zero-order chi connectivity index (χ0) is 20.1. The summed E-state index contributed by atoms with van der Waals surface area (Å²) in [6.07, 6.45) is -5.77. The van der Waals surface area contributed by atoms with Crippen molar-refractivity contribution in [3.8, 4) is 0 Å². The number of nitrogens with zero attached hydrogens (tertiary/aromatic N) is 1. The number of carbonyl (C=O) groups is 1. The molecule has 26 heavy (non-hydrogen) atoms. The van der Waals surface area contributed by atoms with E-state index in [1.807, 2.05) is 20.8 Å². The number of rotatable bonds is 3. The van der Waals surface area contributed by atoms with Crippen LogP contribution in [0.4, 0.5) is 18.0 Å². The van der Waals surface area contributed by atoms with Crippen LogP contribution in [0.25, 0.3) is 0 Å². The third kappa shape index (κ3) is 3.67. The normalized spacial score (nSPS) is 22.7. The maximum atomic E-state index is 12.9. The fraction of sp³-hybridized carbons (Fsp3) is 0.588. The second-order valence-corrected chi connectivity index (χ2v) is 9.99. The topological polar surface area (TPSA) is 74.7 Å². The van der Waals surface area contributed by atoms with Gasteiger partial charge in [0.1, 0.15) is 0 Å². The van der Waals surface area contributed by atoms with Gasteiger partial charge < -0.3 is 10.0 Å². The second-order valence-electron chi connectivity index (χ2n) is 7.69. The van der Waals surface area contributed by atoms with E-state index in [9.17, 15) is 31.5 Å². The highest BCUT2D eigenvalue weighted by Crippen LogP contribution is 2.43. The van der Waals surface area contributed by atoms with Crippen molar-refractivity contribution in [2.24, 2.45) is 11.3 Å². The van der Waals surface area contributed by atoms with Gasteiger partial charge in [-0.15, -0.1) is 0 Å². The minimum absolute atomic E-state index is 0.0383. The maximum absolute atomic E-state index is 12.9. The predicted molar refractivity (Wildman–Crippen MR) is 89.6 cm³/mol. The van der Waals surface area contributed by atoms with Crippen LogP contribution >= 0.6 is 0 Å². The zero-order valence-corrected chi connectivity index (χ0v) is 15.7. The quantitative estimate of drug-likeness (QED) is 0.845. The van der Waals surface area contributed by atoms with Crippen LogP contribution in [0.5, 0.6) is 0 Å². The highest BCUT2D eigenvalue weighted by atomic mass is 32.2. The summed E-state index contributed by atoms with van der Waals surface area (Å²) in [5, 5.41) is 8.26. The number of benzene rings is 1. The molecule has 1 amide bonds. The fourth-order valence-corrected chi connectivity index (χ4v) is 5.22. The molecular weight excluding hydrogens is 371 g/mol. The lowest BCUT2D eigenvalue weighted by Crippen LogP contribution is -2.66. The number of halogens is 3. The van der Waals surface area contributed by atoms with Crippen LogP contribution in [0.15, 0.2) is 29.2 Å². The third-order valence-electron chi connectivity index (χ3n) is 4.86. The molecule has 1 aliphatic rings. The maximum Gasteiger partial charge on any atom is 0.416 e. The summed E-state index contributed by atoms with van der Waals surface area (Å²) < 4.78 is 64.4. The largest absolute Gasteiger partial charge is 0.465 e. The minimum atomic E-state index is -4.64. The minimum Gasteiger partial charge on any atom is -0.465 e. The van der Waals surface area contributed by atoms with E-state index in [0.29, 0.717) is 6.07 Å². The highest BCUT2D eigenvalue weighted by Gasteiger charge is 2.53. The summed E-state index contributed by atoms with van der Waals surface area (Å²) in [4.78, 5) is 12.1. The van der Waals surface area contributed by atoms with E-state index in [1.54, 1.807) is 0 Å². The first-order chi connectivity index (χ1) is 11.7. The monoisotopic (exact) mass is 393 g/mol. The second kappa shape index (κ2) is 6.44. The average Bonchev–Trinajstić information content (AvgIpc) is 2.43. The van der Waals surface area contributed by atoms with Gasteiger partial charge in [-0.2, -0.15) is 13.2 Å². The molecule has 1 heterocycles. The fourth-order valence-electron chi connectivity index (χ4n) is 3.54. The Labute approximate surface area is 150 Å². The van der Waals surface area contributed by atoms with Gasteiger partial charge in [0.15, 0.2) is 9.84 Å². The molecule has 2 rings (SSSR count). The molecule has 0 bridgehead atoms. The van der Waals surface area contributed by atoms with E-state index in [4.69, 9.17) is 0 Å². The molecule has 1 aromatic rings. The number of likely N-dealkylation sites (tertiary alicyclic amines) is 1. The molecule has 0 saturated carbocycles. The Morgan fingerprint density at radius 3 is 2.31 bits per heavy atom. The molecule has 1 aliphatic heterocycles. The molecule has 1 saturated heterocycles. The Hall–Kier alpha value is -1.77. The smallest absolute Gasteiger partial charge is 0.416 e. The molecule has 1 N–H and O–H groups in total. The van der Waals surface area contributed by atoms with Crippen LogP contribution in [-0.4, -0.2) is 42.4 Å². The number of carboxylic acid groups (broad SMARTS) is 1. The Bertz CT molecular complexity index is 799. The van der Waals surface area contributed by atoms with Crippen molar-refractivity contribution >= 4 is 15.9 Å². The van der Waals surface area contributed by atoms with Crippen molar-refractivity contribution in [1.82, 2.24) is 4.90 Å². The van der Waals surface area contributed by atoms with Gasteiger partial charge in [-0.1, -0.05) is 26.8 Å². The Morgan fingerprint density at radius 1 is 1.27 bits per heavy atom. The van der Waals surface area contributed by atoms with E-state index < -0.39 is 55.2 Å². The molecule has 5 nitrogen and oxygen atoms in total. The summed E-state index contributed by atoms with van der Waals surface area (Å²) in [6.45, 7) is 6.89. The first-order valence-corrected chi connectivity index (χ1v) is 9.62. The van der Waals surface area contributed by atoms with Crippen LogP contribution in [0.1, 0.15) is 33.3 Å². The first-order valence-electron chi connectivity index (χ1n) is 8.08. The summed E-state index contributed by atoms with van der Waals surface area (Å²) in [6, 6.07) is 3.12. The lowest BCUT2D eigenvalue weighted by atomic mass is 9.71. The lowest BCUT2D eigenvalue weighted by Gasteiger charge is -2.54. The Balaban J connectivity index is 2.37. The number of hydrogen-bond donors (Lipinski definition) is 1. The molecule has 0 aromatic heterocycles. The van der Waals surface area contributed by atoms with Crippen LogP contribution in [0, 0.1) is 11.3 Å². The van der Waals surface area contributed by atoms with E-state index in [1.165, 1.54) is 11.8 Å². The molecular formula is C17H22F3NO4S. The van der Waals surface area contributed by atoms with Gasteiger partial charge >= 0.3 is 12.3 Å². The van der Waals surface area contributed by atoms with E-state index >= 15 is 0 Å². The number of amides is 1. The summed E-state index contributed by atoms with van der Waals surface area (Å²) in [5.74, 6) is -0.495. The molecule has 1 aromatic carbocycles. The molecule has 0 spiro atoms. The van der Waals surface area contributed by atoms with Crippen molar-refractivity contribution in [3.05, 3.63) is 29.8 Å². The molecule has 0 radical (unpaired) electrons. The Morgan fingerprint density at radius 2 is 1.85 bits per heavy atom. The SMILES string of the molecule is CC(C1CN(C(=O)O)C1C(C)(C)C)S(=O)(=O)c1cccc(C(F)(F)F)c1. The average molecular weight is 393 g/mol. The summed E-state index contributed by atoms with van der Waals surface area (Å²) >= 11 is 0. The molecule has 146 valence electrons. The standard InChI is InChI=1S/C17H22F3NO4S/c1-10(13-9-21(15(22)23)14(13)16(2,3)4)26(24,25)12-7-5-6-11(8-12)17(18,19)20/h5-8,10,13-14H,9H2,1-4H3,(H,22,23). The number of hydrogen-bond acceptors (Lipinski definition) is 3. The van der Waals surface area contributed by atoms with Crippen LogP contribution in [-0.2, 0) is 16.0 Å². The lowest BCUT2D eigenvalue weighted by molar-refractivity contribution is -0.137. The molecule has 9 heteroatoms. The van der Waals surface area contributed by atoms with Gasteiger partial charge in [-0.3, -0.25) is 0 Å². The van der Waals surface area contributed by atoms with Crippen molar-refractivity contribution in [2.75, 3.05) is 6.54 Å². The summed E-state index contributed by atoms with van der Waals surface area (Å²) in [5.41, 5.74) is -1.53. The molecule has 3 atom stereocenters. The van der Waals surface area contributed by atoms with Crippen LogP contribution < -0.4 is 0 Å². The third-order valence-corrected chi connectivity index (χ3v) is 7.10. The number of alkyl halides is 3. The van der Waals surface area contributed by atoms with Gasteiger partial charge in [0.05, 0.1) is 15.7 Å². The first kappa shape index (κ1) is 20.5.